The van der Waals surface area contributed by atoms with Crippen molar-refractivity contribution in [1.29, 1.82) is 0 Å². The SMILES string of the molecule is [C-]#[N+]c1ccc2c3c(ccc4c5ccccc5n(-c5ccccc5-c5nc(-c6ccccc6)nc(-c6ccccc6)n5)c43)n(-c3ccccc3)c2c1. The standard InChI is InChI=1S/C46H28N6/c1-47-32-25-26-36-41(29-32)51(33-19-9-4-10-20-33)40-28-27-35-34-21-11-13-23-38(34)52(43(35)42(36)40)39-24-14-12-22-37(39)46-49-44(30-15-5-2-6-16-30)48-45(50-46)31-17-7-3-8-18-31/h2-29H. The Bertz CT molecular complexity index is 2950. The van der Waals surface area contributed by atoms with Crippen LogP contribution in [0.4, 0.5) is 5.69 Å². The zero-order chi connectivity index (χ0) is 34.6. The van der Waals surface area contributed by atoms with Gasteiger partial charge in [-0.25, -0.2) is 19.8 Å². The van der Waals surface area contributed by atoms with Crippen LogP contribution in [0.15, 0.2) is 170 Å². The molecule has 0 saturated carbocycles. The van der Waals surface area contributed by atoms with Crippen LogP contribution in [-0.4, -0.2) is 24.1 Å². The van der Waals surface area contributed by atoms with Crippen LogP contribution < -0.4 is 0 Å². The third kappa shape index (κ3) is 4.61. The van der Waals surface area contributed by atoms with Gasteiger partial charge in [0, 0.05) is 49.4 Å². The Labute approximate surface area is 299 Å². The Morgan fingerprint density at radius 1 is 0.442 bits per heavy atom. The molecule has 0 aliphatic heterocycles. The minimum absolute atomic E-state index is 0.592. The van der Waals surface area contributed by atoms with E-state index in [0.29, 0.717) is 23.2 Å². The quantitative estimate of drug-likeness (QED) is 0.172. The van der Waals surface area contributed by atoms with E-state index in [1.165, 1.54) is 0 Å². The molecule has 6 heteroatoms. The van der Waals surface area contributed by atoms with Crippen molar-refractivity contribution in [2.75, 3.05) is 0 Å². The fraction of sp³-hybridized carbons (Fsp3) is 0. The number of hydrogen-bond acceptors (Lipinski definition) is 3. The zero-order valence-electron chi connectivity index (χ0n) is 27.8. The van der Waals surface area contributed by atoms with Gasteiger partial charge in [0.2, 0.25) is 0 Å². The van der Waals surface area contributed by atoms with Gasteiger partial charge in [0.1, 0.15) is 0 Å². The second-order valence-corrected chi connectivity index (χ2v) is 12.7. The van der Waals surface area contributed by atoms with Crippen molar-refractivity contribution in [1.82, 2.24) is 24.1 Å². The van der Waals surface area contributed by atoms with E-state index in [2.05, 4.69) is 98.9 Å². The number of nitrogens with zero attached hydrogens (tertiary/aromatic N) is 6. The molecule has 0 aliphatic carbocycles. The predicted octanol–water partition coefficient (Wildman–Crippen LogP) is 11.6. The predicted molar refractivity (Wildman–Crippen MR) is 211 cm³/mol. The monoisotopic (exact) mass is 664 g/mol. The van der Waals surface area contributed by atoms with E-state index in [-0.39, 0.29) is 0 Å². The molecule has 3 aromatic heterocycles. The van der Waals surface area contributed by atoms with Gasteiger partial charge in [-0.15, -0.1) is 0 Å². The van der Waals surface area contributed by atoms with Crippen molar-refractivity contribution >= 4 is 49.3 Å². The van der Waals surface area contributed by atoms with Gasteiger partial charge in [-0.2, -0.15) is 0 Å². The molecule has 0 fully saturated rings. The molecule has 0 saturated heterocycles. The van der Waals surface area contributed by atoms with Crippen LogP contribution >= 0.6 is 0 Å². The minimum Gasteiger partial charge on any atom is -0.310 e. The van der Waals surface area contributed by atoms with Gasteiger partial charge in [-0.3, -0.25) is 0 Å². The summed E-state index contributed by atoms with van der Waals surface area (Å²) in [4.78, 5) is 19.0. The molecule has 0 bridgehead atoms. The molecule has 7 aromatic carbocycles. The lowest BCUT2D eigenvalue weighted by Gasteiger charge is -2.15. The summed E-state index contributed by atoms with van der Waals surface area (Å²) < 4.78 is 4.64. The maximum Gasteiger partial charge on any atom is 0.189 e. The number of hydrogen-bond donors (Lipinski definition) is 0. The topological polar surface area (TPSA) is 52.9 Å². The molecule has 0 spiro atoms. The highest BCUT2D eigenvalue weighted by atomic mass is 15.1. The van der Waals surface area contributed by atoms with E-state index in [0.717, 1.165) is 71.7 Å². The lowest BCUT2D eigenvalue weighted by atomic mass is 10.1. The van der Waals surface area contributed by atoms with Gasteiger partial charge in [0.05, 0.1) is 28.8 Å². The smallest absolute Gasteiger partial charge is 0.189 e. The summed E-state index contributed by atoms with van der Waals surface area (Å²) in [7, 11) is 0. The van der Waals surface area contributed by atoms with Crippen molar-refractivity contribution in [2.24, 2.45) is 0 Å². The average molecular weight is 665 g/mol. The molecule has 10 aromatic rings. The molecule has 3 heterocycles. The first-order chi connectivity index (χ1) is 25.8. The van der Waals surface area contributed by atoms with Gasteiger partial charge in [-0.1, -0.05) is 127 Å². The minimum atomic E-state index is 0.592. The van der Waals surface area contributed by atoms with E-state index < -0.39 is 0 Å². The maximum absolute atomic E-state index is 7.82. The molecule has 0 aliphatic rings. The Morgan fingerprint density at radius 3 is 1.75 bits per heavy atom. The van der Waals surface area contributed by atoms with Gasteiger partial charge < -0.3 is 9.13 Å². The molecule has 0 unspecified atom stereocenters. The Morgan fingerprint density at radius 2 is 1.04 bits per heavy atom. The third-order valence-electron chi connectivity index (χ3n) is 9.78. The molecule has 6 nitrogen and oxygen atoms in total. The Kier molecular flexibility index (Phi) is 6.76. The first kappa shape index (κ1) is 29.5. The third-order valence-corrected chi connectivity index (χ3v) is 9.78. The molecule has 0 radical (unpaired) electrons. The Hall–Kier alpha value is -7.36. The highest BCUT2D eigenvalue weighted by molar-refractivity contribution is 6.26. The average Bonchev–Trinajstić information content (AvgIpc) is 3.74. The summed E-state index contributed by atoms with van der Waals surface area (Å²) in [6.07, 6.45) is 0. The highest BCUT2D eigenvalue weighted by Gasteiger charge is 2.23. The fourth-order valence-corrected chi connectivity index (χ4v) is 7.51. The fourth-order valence-electron chi connectivity index (χ4n) is 7.51. The summed E-state index contributed by atoms with van der Waals surface area (Å²) in [5.74, 6) is 1.82. The van der Waals surface area contributed by atoms with Crippen LogP contribution in [-0.2, 0) is 0 Å². The highest BCUT2D eigenvalue weighted by Crippen LogP contribution is 2.44. The summed E-state index contributed by atoms with van der Waals surface area (Å²) in [6.45, 7) is 7.82. The molecule has 242 valence electrons. The van der Waals surface area contributed by atoms with Crippen LogP contribution in [0, 0.1) is 6.57 Å². The second-order valence-electron chi connectivity index (χ2n) is 12.7. The summed E-state index contributed by atoms with van der Waals surface area (Å²) in [6, 6.07) is 58.0. The number of fused-ring (bicyclic) bond motifs is 7. The van der Waals surface area contributed by atoms with Crippen molar-refractivity contribution < 1.29 is 0 Å². The second kappa shape index (κ2) is 11.9. The van der Waals surface area contributed by atoms with Crippen LogP contribution in [0.3, 0.4) is 0 Å². The van der Waals surface area contributed by atoms with E-state index in [9.17, 15) is 0 Å². The molecule has 10 rings (SSSR count). The van der Waals surface area contributed by atoms with E-state index in [4.69, 9.17) is 21.5 Å². The Balaban J connectivity index is 1.33. The van der Waals surface area contributed by atoms with E-state index >= 15 is 0 Å². The largest absolute Gasteiger partial charge is 0.310 e. The molecule has 0 atom stereocenters. The van der Waals surface area contributed by atoms with E-state index in [1.54, 1.807) is 0 Å². The number of benzene rings is 7. The lowest BCUT2D eigenvalue weighted by Crippen LogP contribution is -2.03. The van der Waals surface area contributed by atoms with Crippen molar-refractivity contribution in [3.8, 4) is 45.5 Å². The van der Waals surface area contributed by atoms with Crippen LogP contribution in [0.25, 0.3) is 94.0 Å². The van der Waals surface area contributed by atoms with Gasteiger partial charge in [0.25, 0.3) is 0 Å². The van der Waals surface area contributed by atoms with Crippen LogP contribution in [0.1, 0.15) is 0 Å². The maximum atomic E-state index is 7.82. The lowest BCUT2D eigenvalue weighted by molar-refractivity contribution is 1.06. The van der Waals surface area contributed by atoms with Gasteiger partial charge in [-0.05, 0) is 42.5 Å². The normalized spacial score (nSPS) is 11.4. The van der Waals surface area contributed by atoms with Crippen LogP contribution in [0.2, 0.25) is 0 Å². The van der Waals surface area contributed by atoms with Crippen molar-refractivity contribution in [3.05, 3.63) is 181 Å². The number of aromatic nitrogens is 5. The first-order valence-electron chi connectivity index (χ1n) is 17.2. The van der Waals surface area contributed by atoms with E-state index in [1.807, 2.05) is 84.9 Å². The molecule has 52 heavy (non-hydrogen) atoms. The molecular formula is C46H28N6. The first-order valence-corrected chi connectivity index (χ1v) is 17.2. The summed E-state index contributed by atoms with van der Waals surface area (Å²) in [5.41, 5.74) is 9.56. The van der Waals surface area contributed by atoms with Crippen molar-refractivity contribution in [2.45, 2.75) is 0 Å². The zero-order valence-corrected chi connectivity index (χ0v) is 27.8. The van der Waals surface area contributed by atoms with Gasteiger partial charge in [0.15, 0.2) is 23.2 Å². The number of para-hydroxylation sites is 3. The summed E-state index contributed by atoms with van der Waals surface area (Å²) >= 11 is 0. The van der Waals surface area contributed by atoms with Crippen molar-refractivity contribution in [3.63, 3.8) is 0 Å². The summed E-state index contributed by atoms with van der Waals surface area (Å²) in [5, 5.41) is 4.49. The molecule has 0 amide bonds. The molecule has 0 N–H and O–H groups in total. The molecular weight excluding hydrogens is 637 g/mol. The number of rotatable bonds is 5. The van der Waals surface area contributed by atoms with Crippen LogP contribution in [0.5, 0.6) is 0 Å². The van der Waals surface area contributed by atoms with Gasteiger partial charge >= 0.3 is 0 Å².